The maximum Gasteiger partial charge on any atom is 0.330 e. The number of carbonyl (C=O) groups is 1. The second-order valence-corrected chi connectivity index (χ2v) is 3.62. The zero-order chi connectivity index (χ0) is 11.5. The van der Waals surface area contributed by atoms with E-state index in [9.17, 15) is 4.79 Å². The van der Waals surface area contributed by atoms with E-state index in [1.54, 1.807) is 30.3 Å². The first kappa shape index (κ1) is 10.8. The van der Waals surface area contributed by atoms with E-state index in [-0.39, 0.29) is 0 Å². The Kier molecular flexibility index (Phi) is 2.97. The number of fused-ring (bicyclic) bond motifs is 1. The van der Waals surface area contributed by atoms with Crippen LogP contribution in [0.5, 0.6) is 0 Å². The predicted molar refractivity (Wildman–Crippen MR) is 62.3 cm³/mol. The van der Waals surface area contributed by atoms with Crippen LogP contribution in [0.3, 0.4) is 0 Å². The van der Waals surface area contributed by atoms with Crippen LogP contribution in [0.4, 0.5) is 0 Å². The van der Waals surface area contributed by atoms with Crippen molar-refractivity contribution in [3.05, 3.63) is 41.1 Å². The van der Waals surface area contributed by atoms with E-state index in [0.717, 1.165) is 11.0 Å². The van der Waals surface area contributed by atoms with Gasteiger partial charge in [-0.3, -0.25) is 0 Å². The lowest BCUT2D eigenvalue weighted by molar-refractivity contribution is -0.134. The molecule has 2 rings (SSSR count). The fourth-order valence-corrected chi connectivity index (χ4v) is 1.52. The molecule has 0 unspecified atom stereocenters. The van der Waals surface area contributed by atoms with Crippen molar-refractivity contribution in [3.8, 4) is 0 Å². The molecule has 0 aliphatic heterocycles. The van der Waals surface area contributed by atoms with E-state index >= 15 is 0 Å². The Morgan fingerprint density at radius 2 is 2.25 bits per heavy atom. The summed E-state index contributed by atoms with van der Waals surface area (Å²) in [5, 5.41) is 1.55. The summed E-state index contributed by atoms with van der Waals surface area (Å²) in [6.07, 6.45) is 2.86. The summed E-state index contributed by atoms with van der Waals surface area (Å²) in [7, 11) is 1.32. The van der Waals surface area contributed by atoms with Gasteiger partial charge in [-0.1, -0.05) is 11.6 Å². The van der Waals surface area contributed by atoms with Crippen LogP contribution >= 0.6 is 11.6 Å². The standard InChI is InChI=1S/C12H9ClO3/c1-15-12(14)5-3-10-7-8-6-9(13)2-4-11(8)16-10/h2-7H,1H3. The molecule has 0 radical (unpaired) electrons. The highest BCUT2D eigenvalue weighted by molar-refractivity contribution is 6.31. The number of hydrogen-bond donors (Lipinski definition) is 0. The fourth-order valence-electron chi connectivity index (χ4n) is 1.34. The molecule has 3 nitrogen and oxygen atoms in total. The summed E-state index contributed by atoms with van der Waals surface area (Å²) in [6, 6.07) is 7.14. The van der Waals surface area contributed by atoms with E-state index in [1.165, 1.54) is 13.2 Å². The first-order valence-corrected chi connectivity index (χ1v) is 5.02. The first-order valence-electron chi connectivity index (χ1n) is 4.64. The van der Waals surface area contributed by atoms with Gasteiger partial charge >= 0.3 is 5.97 Å². The summed E-state index contributed by atoms with van der Waals surface area (Å²) >= 11 is 5.84. The quantitative estimate of drug-likeness (QED) is 0.593. The number of halogens is 1. The summed E-state index contributed by atoms with van der Waals surface area (Å²) in [6.45, 7) is 0. The molecule has 1 aromatic carbocycles. The average molecular weight is 237 g/mol. The zero-order valence-electron chi connectivity index (χ0n) is 8.57. The molecule has 0 saturated heterocycles. The van der Waals surface area contributed by atoms with Crippen molar-refractivity contribution in [2.24, 2.45) is 0 Å². The van der Waals surface area contributed by atoms with Crippen molar-refractivity contribution >= 4 is 34.6 Å². The van der Waals surface area contributed by atoms with Gasteiger partial charge in [0.2, 0.25) is 0 Å². The highest BCUT2D eigenvalue weighted by atomic mass is 35.5. The number of benzene rings is 1. The lowest BCUT2D eigenvalue weighted by Crippen LogP contribution is -1.92. The van der Waals surface area contributed by atoms with Gasteiger partial charge in [-0.15, -0.1) is 0 Å². The van der Waals surface area contributed by atoms with Crippen LogP contribution in [-0.2, 0) is 9.53 Å². The van der Waals surface area contributed by atoms with Crippen molar-refractivity contribution in [2.45, 2.75) is 0 Å². The number of furan rings is 1. The second-order valence-electron chi connectivity index (χ2n) is 3.19. The van der Waals surface area contributed by atoms with E-state index in [1.807, 2.05) is 0 Å². The molecule has 0 N–H and O–H groups in total. The molecular weight excluding hydrogens is 228 g/mol. The molecule has 1 heterocycles. The normalized spacial score (nSPS) is 11.1. The van der Waals surface area contributed by atoms with Gasteiger partial charge in [-0.2, -0.15) is 0 Å². The molecule has 0 spiro atoms. The van der Waals surface area contributed by atoms with Crippen LogP contribution < -0.4 is 0 Å². The summed E-state index contributed by atoms with van der Waals surface area (Å²) in [4.78, 5) is 10.9. The highest BCUT2D eigenvalue weighted by Crippen LogP contribution is 2.23. The molecule has 0 atom stereocenters. The molecule has 82 valence electrons. The highest BCUT2D eigenvalue weighted by Gasteiger charge is 2.02. The Balaban J connectivity index is 2.33. The Hall–Kier alpha value is -1.74. The number of ether oxygens (including phenoxy) is 1. The average Bonchev–Trinajstić information content (AvgIpc) is 2.67. The lowest BCUT2D eigenvalue weighted by atomic mass is 10.2. The molecule has 0 saturated carbocycles. The van der Waals surface area contributed by atoms with Gasteiger partial charge in [0.15, 0.2) is 0 Å². The number of esters is 1. The van der Waals surface area contributed by atoms with Gasteiger partial charge in [0.1, 0.15) is 11.3 Å². The van der Waals surface area contributed by atoms with Crippen LogP contribution in [0.2, 0.25) is 5.02 Å². The molecule has 2 aromatic rings. The molecule has 16 heavy (non-hydrogen) atoms. The maximum absolute atomic E-state index is 10.9. The Morgan fingerprint density at radius 3 is 3.00 bits per heavy atom. The third kappa shape index (κ3) is 2.25. The van der Waals surface area contributed by atoms with E-state index in [4.69, 9.17) is 16.0 Å². The van der Waals surface area contributed by atoms with Crippen molar-refractivity contribution in [1.82, 2.24) is 0 Å². The van der Waals surface area contributed by atoms with Gasteiger partial charge < -0.3 is 9.15 Å². The minimum absolute atomic E-state index is 0.418. The minimum Gasteiger partial charge on any atom is -0.466 e. The number of carbonyl (C=O) groups excluding carboxylic acids is 1. The first-order chi connectivity index (χ1) is 7.69. The maximum atomic E-state index is 10.9. The third-order valence-corrected chi connectivity index (χ3v) is 2.32. The number of methoxy groups -OCH3 is 1. The van der Waals surface area contributed by atoms with Gasteiger partial charge in [-0.25, -0.2) is 4.79 Å². The lowest BCUT2D eigenvalue weighted by Gasteiger charge is -1.88. The Labute approximate surface area is 97.3 Å². The van der Waals surface area contributed by atoms with Gasteiger partial charge in [-0.05, 0) is 30.3 Å². The molecule has 0 amide bonds. The van der Waals surface area contributed by atoms with Crippen molar-refractivity contribution < 1.29 is 13.9 Å². The molecule has 0 bridgehead atoms. The second kappa shape index (κ2) is 4.41. The van der Waals surface area contributed by atoms with Crippen molar-refractivity contribution in [1.29, 1.82) is 0 Å². The molecule has 4 heteroatoms. The van der Waals surface area contributed by atoms with Crippen LogP contribution in [0.1, 0.15) is 5.76 Å². The van der Waals surface area contributed by atoms with E-state index < -0.39 is 5.97 Å². The molecular formula is C12H9ClO3. The molecule has 0 aliphatic rings. The van der Waals surface area contributed by atoms with E-state index in [2.05, 4.69) is 4.74 Å². The van der Waals surface area contributed by atoms with Crippen molar-refractivity contribution in [3.63, 3.8) is 0 Å². The molecule has 0 fully saturated rings. The topological polar surface area (TPSA) is 39.4 Å². The van der Waals surface area contributed by atoms with Crippen LogP contribution in [-0.4, -0.2) is 13.1 Å². The third-order valence-electron chi connectivity index (χ3n) is 2.08. The minimum atomic E-state index is -0.418. The van der Waals surface area contributed by atoms with Crippen LogP contribution in [0.15, 0.2) is 34.8 Å². The smallest absolute Gasteiger partial charge is 0.330 e. The summed E-state index contributed by atoms with van der Waals surface area (Å²) in [5.41, 5.74) is 0.730. The SMILES string of the molecule is COC(=O)C=Cc1cc2cc(Cl)ccc2o1. The largest absolute Gasteiger partial charge is 0.466 e. The van der Waals surface area contributed by atoms with Gasteiger partial charge in [0, 0.05) is 16.5 Å². The predicted octanol–water partition coefficient (Wildman–Crippen LogP) is 3.27. The number of rotatable bonds is 2. The van der Waals surface area contributed by atoms with Crippen LogP contribution in [0, 0.1) is 0 Å². The Bertz CT molecular complexity index is 554. The zero-order valence-corrected chi connectivity index (χ0v) is 9.32. The monoisotopic (exact) mass is 236 g/mol. The molecule has 0 aliphatic carbocycles. The van der Waals surface area contributed by atoms with Crippen molar-refractivity contribution in [2.75, 3.05) is 7.11 Å². The summed E-state index contributed by atoms with van der Waals surface area (Å²) < 4.78 is 9.94. The Morgan fingerprint density at radius 1 is 1.44 bits per heavy atom. The van der Waals surface area contributed by atoms with E-state index in [0.29, 0.717) is 10.8 Å². The summed E-state index contributed by atoms with van der Waals surface area (Å²) in [5.74, 6) is 0.168. The van der Waals surface area contributed by atoms with Gasteiger partial charge in [0.25, 0.3) is 0 Å². The van der Waals surface area contributed by atoms with Crippen LogP contribution in [0.25, 0.3) is 17.0 Å². The van der Waals surface area contributed by atoms with Gasteiger partial charge in [0.05, 0.1) is 7.11 Å². The fraction of sp³-hybridized carbons (Fsp3) is 0.0833. The number of hydrogen-bond acceptors (Lipinski definition) is 3. The molecule has 1 aromatic heterocycles.